The Balaban J connectivity index is 2.08. The molecule has 90 valence electrons. The molecule has 0 fully saturated rings. The Hall–Kier alpha value is -1.04. The van der Waals surface area contributed by atoms with Gasteiger partial charge < -0.3 is 15.4 Å². The summed E-state index contributed by atoms with van der Waals surface area (Å²) in [4.78, 5) is 7.93. The summed E-state index contributed by atoms with van der Waals surface area (Å²) in [5.41, 5.74) is 1.10. The predicted octanol–water partition coefficient (Wildman–Crippen LogP) is 0.191. The monoisotopic (exact) mass is 224 g/mol. The van der Waals surface area contributed by atoms with Gasteiger partial charge in [0.05, 0.1) is 6.61 Å². The number of nitrogens with one attached hydrogen (secondary N) is 2. The maximum absolute atomic E-state index is 4.95. The van der Waals surface area contributed by atoms with Crippen LogP contribution in [0.15, 0.2) is 18.7 Å². The molecule has 1 atom stereocenters. The van der Waals surface area contributed by atoms with Crippen LogP contribution < -0.4 is 10.6 Å². The van der Waals surface area contributed by atoms with Crippen molar-refractivity contribution in [1.82, 2.24) is 20.6 Å². The average molecular weight is 224 g/mol. The molecule has 1 aromatic rings. The van der Waals surface area contributed by atoms with E-state index in [4.69, 9.17) is 4.74 Å². The minimum absolute atomic E-state index is 0.414. The molecule has 1 aromatic heterocycles. The van der Waals surface area contributed by atoms with Crippen molar-refractivity contribution in [3.05, 3.63) is 24.3 Å². The Morgan fingerprint density at radius 2 is 2.12 bits per heavy atom. The molecule has 0 aliphatic rings. The number of hydrogen-bond acceptors (Lipinski definition) is 5. The van der Waals surface area contributed by atoms with Gasteiger partial charge >= 0.3 is 0 Å². The maximum Gasteiger partial charge on any atom is 0.115 e. The molecule has 2 N–H and O–H groups in total. The molecule has 0 spiro atoms. The van der Waals surface area contributed by atoms with Crippen molar-refractivity contribution < 1.29 is 4.74 Å². The average Bonchev–Trinajstić information content (AvgIpc) is 2.33. The lowest BCUT2D eigenvalue weighted by Crippen LogP contribution is -2.37. The second-order valence-corrected chi connectivity index (χ2v) is 3.73. The van der Waals surface area contributed by atoms with Crippen LogP contribution in [0.4, 0.5) is 0 Å². The first-order valence-electron chi connectivity index (χ1n) is 5.50. The molecular formula is C11H20N4O. The fourth-order valence-corrected chi connectivity index (χ4v) is 1.28. The van der Waals surface area contributed by atoms with Crippen molar-refractivity contribution in [2.75, 3.05) is 26.8 Å². The predicted molar refractivity (Wildman–Crippen MR) is 63.1 cm³/mol. The van der Waals surface area contributed by atoms with Crippen LogP contribution in [0, 0.1) is 0 Å². The maximum atomic E-state index is 4.95. The first kappa shape index (κ1) is 13.0. The first-order chi connectivity index (χ1) is 7.83. The van der Waals surface area contributed by atoms with Gasteiger partial charge in [-0.2, -0.15) is 0 Å². The first-order valence-corrected chi connectivity index (χ1v) is 5.50. The molecule has 0 radical (unpaired) electrons. The molecule has 0 saturated heterocycles. The largest absolute Gasteiger partial charge is 0.383 e. The van der Waals surface area contributed by atoms with Crippen molar-refractivity contribution in [2.45, 2.75) is 19.5 Å². The topological polar surface area (TPSA) is 59.1 Å². The van der Waals surface area contributed by atoms with Gasteiger partial charge in [-0.05, 0) is 6.92 Å². The molecule has 5 heteroatoms. The molecule has 1 unspecified atom stereocenters. The Morgan fingerprint density at radius 3 is 2.81 bits per heavy atom. The summed E-state index contributed by atoms with van der Waals surface area (Å²) in [5.74, 6) is 0. The molecule has 1 heterocycles. The Bertz CT molecular complexity index is 268. The summed E-state index contributed by atoms with van der Waals surface area (Å²) in [7, 11) is 1.71. The standard InChI is InChI=1S/C11H20N4O/c1-10(5-12-3-4-16-2)15-8-11-6-13-9-14-7-11/h6-7,9-10,12,15H,3-5,8H2,1-2H3. The quantitative estimate of drug-likeness (QED) is 0.617. The van der Waals surface area contributed by atoms with Gasteiger partial charge in [0.1, 0.15) is 6.33 Å². The van der Waals surface area contributed by atoms with Gasteiger partial charge in [0, 0.05) is 50.7 Å². The van der Waals surface area contributed by atoms with Gasteiger partial charge in [-0.1, -0.05) is 0 Å². The summed E-state index contributed by atoms with van der Waals surface area (Å²) in [6.07, 6.45) is 5.19. The fourth-order valence-electron chi connectivity index (χ4n) is 1.28. The van der Waals surface area contributed by atoms with Crippen molar-refractivity contribution in [2.24, 2.45) is 0 Å². The van der Waals surface area contributed by atoms with Crippen LogP contribution in [-0.4, -0.2) is 42.8 Å². The third kappa shape index (κ3) is 5.75. The van der Waals surface area contributed by atoms with E-state index >= 15 is 0 Å². The SMILES string of the molecule is COCCNCC(C)NCc1cncnc1. The Morgan fingerprint density at radius 1 is 1.38 bits per heavy atom. The van der Waals surface area contributed by atoms with Gasteiger partial charge in [0.25, 0.3) is 0 Å². The molecule has 16 heavy (non-hydrogen) atoms. The third-order valence-corrected chi connectivity index (χ3v) is 2.20. The smallest absolute Gasteiger partial charge is 0.115 e. The lowest BCUT2D eigenvalue weighted by Gasteiger charge is -2.14. The number of ether oxygens (including phenoxy) is 1. The van der Waals surface area contributed by atoms with Gasteiger partial charge in [0.2, 0.25) is 0 Å². The summed E-state index contributed by atoms with van der Waals surface area (Å²) >= 11 is 0. The lowest BCUT2D eigenvalue weighted by atomic mass is 10.3. The van der Waals surface area contributed by atoms with E-state index < -0.39 is 0 Å². The van der Waals surface area contributed by atoms with Crippen LogP contribution in [0.2, 0.25) is 0 Å². The van der Waals surface area contributed by atoms with Crippen LogP contribution in [0.3, 0.4) is 0 Å². The molecule has 0 saturated carbocycles. The molecular weight excluding hydrogens is 204 g/mol. The van der Waals surface area contributed by atoms with Crippen LogP contribution in [0.1, 0.15) is 12.5 Å². The van der Waals surface area contributed by atoms with E-state index in [1.54, 1.807) is 13.4 Å². The zero-order chi connectivity index (χ0) is 11.6. The van der Waals surface area contributed by atoms with E-state index in [2.05, 4.69) is 27.5 Å². The Labute approximate surface area is 96.6 Å². The molecule has 5 nitrogen and oxygen atoms in total. The van der Waals surface area contributed by atoms with Crippen molar-refractivity contribution in [3.8, 4) is 0 Å². The molecule has 0 amide bonds. The minimum atomic E-state index is 0.414. The van der Waals surface area contributed by atoms with Gasteiger partial charge in [-0.25, -0.2) is 9.97 Å². The van der Waals surface area contributed by atoms with Crippen molar-refractivity contribution >= 4 is 0 Å². The lowest BCUT2D eigenvalue weighted by molar-refractivity contribution is 0.198. The number of hydrogen-bond donors (Lipinski definition) is 2. The molecule has 0 aromatic carbocycles. The highest BCUT2D eigenvalue weighted by Crippen LogP contribution is 1.92. The summed E-state index contributed by atoms with van der Waals surface area (Å²) in [6.45, 7) is 5.50. The van der Waals surface area contributed by atoms with Crippen molar-refractivity contribution in [3.63, 3.8) is 0 Å². The van der Waals surface area contributed by atoms with Crippen LogP contribution in [-0.2, 0) is 11.3 Å². The van der Waals surface area contributed by atoms with Crippen molar-refractivity contribution in [1.29, 1.82) is 0 Å². The minimum Gasteiger partial charge on any atom is -0.383 e. The molecule has 0 aliphatic carbocycles. The number of methoxy groups -OCH3 is 1. The molecule has 0 aliphatic heterocycles. The molecule has 0 bridgehead atoms. The summed E-state index contributed by atoms with van der Waals surface area (Å²) in [5, 5.41) is 6.70. The van der Waals surface area contributed by atoms with Gasteiger partial charge in [-0.15, -0.1) is 0 Å². The van der Waals surface area contributed by atoms with E-state index in [0.29, 0.717) is 6.04 Å². The highest BCUT2D eigenvalue weighted by molar-refractivity contribution is 5.01. The van der Waals surface area contributed by atoms with Crippen LogP contribution in [0.25, 0.3) is 0 Å². The zero-order valence-electron chi connectivity index (χ0n) is 9.94. The van der Waals surface area contributed by atoms with E-state index in [0.717, 1.165) is 31.8 Å². The second kappa shape index (κ2) is 8.15. The fraction of sp³-hybridized carbons (Fsp3) is 0.636. The van der Waals surface area contributed by atoms with Crippen LogP contribution >= 0.6 is 0 Å². The third-order valence-electron chi connectivity index (χ3n) is 2.20. The summed E-state index contributed by atoms with van der Waals surface area (Å²) < 4.78 is 4.95. The number of aromatic nitrogens is 2. The highest BCUT2D eigenvalue weighted by atomic mass is 16.5. The number of rotatable bonds is 8. The molecule has 1 rings (SSSR count). The van der Waals surface area contributed by atoms with E-state index in [9.17, 15) is 0 Å². The zero-order valence-corrected chi connectivity index (χ0v) is 9.94. The Kier molecular flexibility index (Phi) is 6.64. The normalized spacial score (nSPS) is 12.6. The van der Waals surface area contributed by atoms with Crippen LogP contribution in [0.5, 0.6) is 0 Å². The second-order valence-electron chi connectivity index (χ2n) is 3.73. The van der Waals surface area contributed by atoms with E-state index in [1.165, 1.54) is 0 Å². The summed E-state index contributed by atoms with van der Waals surface area (Å²) in [6, 6.07) is 0.414. The highest BCUT2D eigenvalue weighted by Gasteiger charge is 2.00. The van der Waals surface area contributed by atoms with E-state index in [-0.39, 0.29) is 0 Å². The van der Waals surface area contributed by atoms with Gasteiger partial charge in [-0.3, -0.25) is 0 Å². The van der Waals surface area contributed by atoms with Gasteiger partial charge in [0.15, 0.2) is 0 Å². The van der Waals surface area contributed by atoms with E-state index in [1.807, 2.05) is 12.4 Å². The number of nitrogens with zero attached hydrogens (tertiary/aromatic N) is 2.